The van der Waals surface area contributed by atoms with Crippen LogP contribution >= 0.6 is 24.0 Å². The molecule has 1 aromatic rings. The van der Waals surface area contributed by atoms with Gasteiger partial charge in [0.2, 0.25) is 10.0 Å². The second-order valence-corrected chi connectivity index (χ2v) is 6.84. The highest BCUT2D eigenvalue weighted by Crippen LogP contribution is 2.27. The van der Waals surface area contributed by atoms with Gasteiger partial charge in [-0.3, -0.25) is 0 Å². The third-order valence-electron chi connectivity index (χ3n) is 3.10. The van der Waals surface area contributed by atoms with Gasteiger partial charge in [0.1, 0.15) is 4.90 Å². The molecule has 2 rings (SSSR count). The predicted octanol–water partition coefficient (Wildman–Crippen LogP) is 1.75. The zero-order valence-electron chi connectivity index (χ0n) is 10.6. The van der Waals surface area contributed by atoms with Gasteiger partial charge < -0.3 is 5.73 Å². The van der Waals surface area contributed by atoms with E-state index < -0.39 is 10.0 Å². The van der Waals surface area contributed by atoms with E-state index in [4.69, 9.17) is 22.6 Å². The number of hydrogen-bond acceptors (Lipinski definition) is 4. The number of sulfonamides is 1. The summed E-state index contributed by atoms with van der Waals surface area (Å²) in [6.45, 7) is 0.755. The van der Waals surface area contributed by atoms with Crippen molar-refractivity contribution in [2.75, 3.05) is 13.1 Å². The van der Waals surface area contributed by atoms with Crippen molar-refractivity contribution < 1.29 is 8.42 Å². The van der Waals surface area contributed by atoms with Crippen LogP contribution in [0.2, 0.25) is 5.02 Å². The summed E-state index contributed by atoms with van der Waals surface area (Å²) in [6.07, 6.45) is 1.57. The normalized spacial score (nSPS) is 19.9. The first-order valence-corrected chi connectivity index (χ1v) is 7.72. The summed E-state index contributed by atoms with van der Waals surface area (Å²) in [5, 5.41) is 8.82. The number of benzene rings is 1. The molecule has 0 radical (unpaired) electrons. The van der Waals surface area contributed by atoms with Gasteiger partial charge in [0.05, 0.1) is 16.7 Å². The number of nitrogens with two attached hydrogens (primary N) is 1. The van der Waals surface area contributed by atoms with Crippen LogP contribution in [0.1, 0.15) is 18.4 Å². The Bertz CT molecular complexity index is 628. The van der Waals surface area contributed by atoms with Crippen LogP contribution in [0.15, 0.2) is 23.1 Å². The summed E-state index contributed by atoms with van der Waals surface area (Å²) < 4.78 is 26.3. The minimum absolute atomic E-state index is 0. The van der Waals surface area contributed by atoms with Gasteiger partial charge in [0.25, 0.3) is 0 Å². The van der Waals surface area contributed by atoms with E-state index in [-0.39, 0.29) is 28.4 Å². The maximum Gasteiger partial charge on any atom is 0.244 e. The smallest absolute Gasteiger partial charge is 0.244 e. The maximum absolute atomic E-state index is 12.5. The van der Waals surface area contributed by atoms with E-state index in [9.17, 15) is 8.42 Å². The molecule has 8 heteroatoms. The summed E-state index contributed by atoms with van der Waals surface area (Å²) in [5.74, 6) is 0. The van der Waals surface area contributed by atoms with Gasteiger partial charge in [0.15, 0.2) is 0 Å². The lowest BCUT2D eigenvalue weighted by Gasteiger charge is -2.30. The number of hydrogen-bond donors (Lipinski definition) is 1. The third-order valence-corrected chi connectivity index (χ3v) is 5.45. The summed E-state index contributed by atoms with van der Waals surface area (Å²) >= 11 is 5.96. The molecule has 0 unspecified atom stereocenters. The quantitative estimate of drug-likeness (QED) is 0.891. The Labute approximate surface area is 129 Å². The summed E-state index contributed by atoms with van der Waals surface area (Å²) in [5.41, 5.74) is 6.13. The van der Waals surface area contributed by atoms with Crippen LogP contribution < -0.4 is 5.73 Å². The molecule has 0 aliphatic carbocycles. The van der Waals surface area contributed by atoms with Crippen molar-refractivity contribution in [2.24, 2.45) is 5.73 Å². The van der Waals surface area contributed by atoms with E-state index in [0.717, 1.165) is 12.8 Å². The van der Waals surface area contributed by atoms with Gasteiger partial charge >= 0.3 is 0 Å². The lowest BCUT2D eigenvalue weighted by atomic mass is 10.1. The highest BCUT2D eigenvalue weighted by Gasteiger charge is 2.30. The SMILES string of the molecule is Cl.N#Cc1ccc(S(=O)(=O)N2CCC[C@@H](N)C2)c(Cl)c1. The molecule has 1 saturated heterocycles. The Kier molecular flexibility index (Phi) is 5.80. The van der Waals surface area contributed by atoms with Crippen LogP contribution in [0, 0.1) is 11.3 Å². The molecule has 1 atom stereocenters. The first-order chi connectivity index (χ1) is 8.95. The minimum atomic E-state index is -3.64. The van der Waals surface area contributed by atoms with Gasteiger partial charge in [0, 0.05) is 19.1 Å². The number of nitriles is 1. The molecular weight excluding hydrogens is 321 g/mol. The molecule has 1 aromatic carbocycles. The van der Waals surface area contributed by atoms with Crippen LogP contribution in [-0.2, 0) is 10.0 Å². The van der Waals surface area contributed by atoms with E-state index in [1.54, 1.807) is 0 Å². The Balaban J connectivity index is 0.00000200. The lowest BCUT2D eigenvalue weighted by molar-refractivity contribution is 0.316. The van der Waals surface area contributed by atoms with Crippen molar-refractivity contribution in [1.82, 2.24) is 4.31 Å². The molecule has 2 N–H and O–H groups in total. The average Bonchev–Trinajstić information content (AvgIpc) is 2.38. The van der Waals surface area contributed by atoms with Crippen LogP contribution in [0.4, 0.5) is 0 Å². The fourth-order valence-electron chi connectivity index (χ4n) is 2.11. The molecule has 20 heavy (non-hydrogen) atoms. The summed E-state index contributed by atoms with van der Waals surface area (Å²) in [6, 6.07) is 5.96. The van der Waals surface area contributed by atoms with E-state index in [2.05, 4.69) is 0 Å². The van der Waals surface area contributed by atoms with Gasteiger partial charge in [-0.1, -0.05) is 11.6 Å². The molecule has 1 aliphatic heterocycles. The third kappa shape index (κ3) is 3.43. The molecule has 1 heterocycles. The molecule has 5 nitrogen and oxygen atoms in total. The van der Waals surface area contributed by atoms with Crippen molar-refractivity contribution in [3.8, 4) is 6.07 Å². The molecule has 110 valence electrons. The topological polar surface area (TPSA) is 87.2 Å². The zero-order chi connectivity index (χ0) is 14.0. The Morgan fingerprint density at radius 3 is 2.70 bits per heavy atom. The number of halogens is 2. The van der Waals surface area contributed by atoms with Crippen molar-refractivity contribution >= 4 is 34.0 Å². The maximum atomic E-state index is 12.5. The average molecular weight is 336 g/mol. The lowest BCUT2D eigenvalue weighted by Crippen LogP contribution is -2.45. The fraction of sp³-hybridized carbons (Fsp3) is 0.417. The van der Waals surface area contributed by atoms with Gasteiger partial charge in [-0.25, -0.2) is 8.42 Å². The first kappa shape index (κ1) is 17.2. The zero-order valence-corrected chi connectivity index (χ0v) is 13.0. The predicted molar refractivity (Wildman–Crippen MR) is 79.4 cm³/mol. The minimum Gasteiger partial charge on any atom is -0.327 e. The van der Waals surface area contributed by atoms with Crippen molar-refractivity contribution in [3.05, 3.63) is 28.8 Å². The molecule has 0 bridgehead atoms. The second-order valence-electron chi connectivity index (χ2n) is 4.52. The van der Waals surface area contributed by atoms with Crippen LogP contribution in [0.25, 0.3) is 0 Å². The second kappa shape index (κ2) is 6.74. The molecule has 1 fully saturated rings. The molecular formula is C12H15Cl2N3O2S. The Morgan fingerprint density at radius 2 is 2.15 bits per heavy atom. The molecule has 0 amide bonds. The van der Waals surface area contributed by atoms with Crippen LogP contribution in [0.3, 0.4) is 0 Å². The highest BCUT2D eigenvalue weighted by molar-refractivity contribution is 7.89. The van der Waals surface area contributed by atoms with Crippen molar-refractivity contribution in [3.63, 3.8) is 0 Å². The molecule has 0 saturated carbocycles. The Morgan fingerprint density at radius 1 is 1.45 bits per heavy atom. The van der Waals surface area contributed by atoms with Crippen LogP contribution in [0.5, 0.6) is 0 Å². The van der Waals surface area contributed by atoms with E-state index >= 15 is 0 Å². The number of rotatable bonds is 2. The van der Waals surface area contributed by atoms with Crippen molar-refractivity contribution in [2.45, 2.75) is 23.8 Å². The van der Waals surface area contributed by atoms with Gasteiger partial charge in [-0.2, -0.15) is 9.57 Å². The molecule has 0 spiro atoms. The number of piperidine rings is 1. The standard InChI is InChI=1S/C12H14ClN3O2S.ClH/c13-11-6-9(7-14)3-4-12(11)19(17,18)16-5-1-2-10(15)8-16;/h3-4,6,10H,1-2,5,8,15H2;1H/t10-;/m1./s1. The Hall–Kier alpha value is -0.840. The molecule has 1 aliphatic rings. The largest absolute Gasteiger partial charge is 0.327 e. The molecule has 0 aromatic heterocycles. The van der Waals surface area contributed by atoms with E-state index in [1.807, 2.05) is 6.07 Å². The highest BCUT2D eigenvalue weighted by atomic mass is 35.5. The van der Waals surface area contributed by atoms with E-state index in [0.29, 0.717) is 18.7 Å². The summed E-state index contributed by atoms with van der Waals surface area (Å²) in [4.78, 5) is 0.0299. The van der Waals surface area contributed by atoms with Crippen molar-refractivity contribution in [1.29, 1.82) is 5.26 Å². The van der Waals surface area contributed by atoms with Gasteiger partial charge in [-0.15, -0.1) is 12.4 Å². The van der Waals surface area contributed by atoms with Gasteiger partial charge in [-0.05, 0) is 31.0 Å². The monoisotopic (exact) mass is 335 g/mol. The van der Waals surface area contributed by atoms with E-state index in [1.165, 1.54) is 22.5 Å². The fourth-order valence-corrected chi connectivity index (χ4v) is 4.16. The number of nitrogens with zero attached hydrogens (tertiary/aromatic N) is 2. The summed E-state index contributed by atoms with van der Waals surface area (Å²) in [7, 11) is -3.64. The first-order valence-electron chi connectivity index (χ1n) is 5.90. The van der Waals surface area contributed by atoms with Crippen LogP contribution in [-0.4, -0.2) is 31.9 Å².